The van der Waals surface area contributed by atoms with Crippen molar-refractivity contribution in [3.05, 3.63) is 48.3 Å². The minimum absolute atomic E-state index is 0.0391. The summed E-state index contributed by atoms with van der Waals surface area (Å²) in [6.07, 6.45) is 3.51. The van der Waals surface area contributed by atoms with Crippen molar-refractivity contribution in [2.45, 2.75) is 19.5 Å². The van der Waals surface area contributed by atoms with E-state index in [0.29, 0.717) is 6.54 Å². The molecule has 0 saturated carbocycles. The first-order valence-corrected chi connectivity index (χ1v) is 8.84. The van der Waals surface area contributed by atoms with Crippen LogP contribution < -0.4 is 15.0 Å². The average molecular weight is 355 g/mol. The SMILES string of the molecule is COc1cccc(CNC(=O)C(C)N2CCN(c3ncccn3)CC2)c1. The van der Waals surface area contributed by atoms with Crippen molar-refractivity contribution in [3.63, 3.8) is 0 Å². The van der Waals surface area contributed by atoms with Gasteiger partial charge in [-0.15, -0.1) is 0 Å². The van der Waals surface area contributed by atoms with Crippen LogP contribution in [0.1, 0.15) is 12.5 Å². The van der Waals surface area contributed by atoms with Crippen LogP contribution in [0.25, 0.3) is 0 Å². The third-order valence-corrected chi connectivity index (χ3v) is 4.68. The first-order valence-electron chi connectivity index (χ1n) is 8.84. The standard InChI is InChI=1S/C19H25N5O2/c1-15(18(25)22-14-16-5-3-6-17(13-16)26-2)23-9-11-24(12-10-23)19-20-7-4-8-21-19/h3-8,13,15H,9-12,14H2,1-2H3,(H,22,25). The van der Waals surface area contributed by atoms with E-state index in [4.69, 9.17) is 4.74 Å². The summed E-state index contributed by atoms with van der Waals surface area (Å²) in [6, 6.07) is 9.38. The summed E-state index contributed by atoms with van der Waals surface area (Å²) in [5.74, 6) is 1.59. The van der Waals surface area contributed by atoms with E-state index in [1.807, 2.05) is 37.3 Å². The van der Waals surface area contributed by atoms with Gasteiger partial charge in [0.25, 0.3) is 0 Å². The van der Waals surface area contributed by atoms with Crippen molar-refractivity contribution in [1.82, 2.24) is 20.2 Å². The molecule has 1 atom stereocenters. The lowest BCUT2D eigenvalue weighted by Crippen LogP contribution is -2.54. The van der Waals surface area contributed by atoms with Crippen LogP contribution >= 0.6 is 0 Å². The summed E-state index contributed by atoms with van der Waals surface area (Å²) in [5.41, 5.74) is 1.02. The van der Waals surface area contributed by atoms with Crippen molar-refractivity contribution < 1.29 is 9.53 Å². The number of amides is 1. The first-order chi connectivity index (χ1) is 12.7. The predicted molar refractivity (Wildman–Crippen MR) is 100 cm³/mol. The summed E-state index contributed by atoms with van der Waals surface area (Å²) >= 11 is 0. The van der Waals surface area contributed by atoms with Crippen LogP contribution in [0.2, 0.25) is 0 Å². The number of ether oxygens (including phenoxy) is 1. The second-order valence-corrected chi connectivity index (χ2v) is 6.32. The minimum atomic E-state index is -0.167. The summed E-state index contributed by atoms with van der Waals surface area (Å²) in [5, 5.41) is 3.02. The summed E-state index contributed by atoms with van der Waals surface area (Å²) in [7, 11) is 1.64. The summed E-state index contributed by atoms with van der Waals surface area (Å²) < 4.78 is 5.22. The Bertz CT molecular complexity index is 717. The molecule has 138 valence electrons. The van der Waals surface area contributed by atoms with Crippen LogP contribution in [0.3, 0.4) is 0 Å². The number of piperazine rings is 1. The van der Waals surface area contributed by atoms with Gasteiger partial charge < -0.3 is 15.0 Å². The Hall–Kier alpha value is -2.67. The highest BCUT2D eigenvalue weighted by molar-refractivity contribution is 5.81. The molecule has 1 aliphatic rings. The molecule has 7 heteroatoms. The topological polar surface area (TPSA) is 70.6 Å². The molecule has 1 amide bonds. The fourth-order valence-electron chi connectivity index (χ4n) is 3.05. The van der Waals surface area contributed by atoms with Crippen LogP contribution in [-0.2, 0) is 11.3 Å². The molecule has 26 heavy (non-hydrogen) atoms. The van der Waals surface area contributed by atoms with E-state index >= 15 is 0 Å². The number of hydrogen-bond donors (Lipinski definition) is 1. The van der Waals surface area contributed by atoms with Crippen molar-refractivity contribution >= 4 is 11.9 Å². The lowest BCUT2D eigenvalue weighted by Gasteiger charge is -2.37. The second kappa shape index (κ2) is 8.62. The van der Waals surface area contributed by atoms with Crippen LogP contribution in [0.5, 0.6) is 5.75 Å². The van der Waals surface area contributed by atoms with E-state index < -0.39 is 0 Å². The molecular formula is C19H25N5O2. The molecule has 1 N–H and O–H groups in total. The lowest BCUT2D eigenvalue weighted by atomic mass is 10.2. The molecule has 2 heterocycles. The second-order valence-electron chi connectivity index (χ2n) is 6.32. The molecule has 3 rings (SSSR count). The normalized spacial score (nSPS) is 16.2. The third kappa shape index (κ3) is 4.49. The van der Waals surface area contributed by atoms with Crippen LogP contribution in [0, 0.1) is 0 Å². The number of nitrogens with zero attached hydrogens (tertiary/aromatic N) is 4. The van der Waals surface area contributed by atoms with Gasteiger partial charge in [-0.25, -0.2) is 9.97 Å². The maximum absolute atomic E-state index is 12.5. The molecule has 1 unspecified atom stereocenters. The molecule has 0 aliphatic carbocycles. The van der Waals surface area contributed by atoms with E-state index in [2.05, 4.69) is 25.1 Å². The van der Waals surface area contributed by atoms with Gasteiger partial charge in [0.2, 0.25) is 11.9 Å². The molecule has 0 bridgehead atoms. The highest BCUT2D eigenvalue weighted by Gasteiger charge is 2.26. The number of benzene rings is 1. The molecule has 1 aromatic carbocycles. The number of hydrogen-bond acceptors (Lipinski definition) is 6. The number of nitrogens with one attached hydrogen (secondary N) is 1. The molecule has 2 aromatic rings. The van der Waals surface area contributed by atoms with Crippen LogP contribution in [0.15, 0.2) is 42.7 Å². The van der Waals surface area contributed by atoms with Gasteiger partial charge in [-0.05, 0) is 30.7 Å². The van der Waals surface area contributed by atoms with E-state index in [-0.39, 0.29) is 11.9 Å². The van der Waals surface area contributed by atoms with Gasteiger partial charge in [0.15, 0.2) is 0 Å². The molecular weight excluding hydrogens is 330 g/mol. The Balaban J connectivity index is 1.48. The molecule has 0 spiro atoms. The highest BCUT2D eigenvalue weighted by atomic mass is 16.5. The zero-order valence-corrected chi connectivity index (χ0v) is 15.3. The van der Waals surface area contributed by atoms with Crippen LogP contribution in [0.4, 0.5) is 5.95 Å². The molecule has 1 fully saturated rings. The van der Waals surface area contributed by atoms with Gasteiger partial charge in [0.05, 0.1) is 13.2 Å². The van der Waals surface area contributed by atoms with E-state index in [1.54, 1.807) is 19.5 Å². The Morgan fingerprint density at radius 1 is 1.19 bits per heavy atom. The van der Waals surface area contributed by atoms with Crippen molar-refractivity contribution in [2.24, 2.45) is 0 Å². The zero-order valence-electron chi connectivity index (χ0n) is 15.3. The summed E-state index contributed by atoms with van der Waals surface area (Å²) in [4.78, 5) is 25.4. The fraction of sp³-hybridized carbons (Fsp3) is 0.421. The number of methoxy groups -OCH3 is 1. The monoisotopic (exact) mass is 355 g/mol. The van der Waals surface area contributed by atoms with Gasteiger partial charge in [0, 0.05) is 45.1 Å². The van der Waals surface area contributed by atoms with Gasteiger partial charge >= 0.3 is 0 Å². The highest BCUT2D eigenvalue weighted by Crippen LogP contribution is 2.14. The number of rotatable bonds is 6. The van der Waals surface area contributed by atoms with Crippen molar-refractivity contribution in [2.75, 3.05) is 38.2 Å². The maximum atomic E-state index is 12.5. The smallest absolute Gasteiger partial charge is 0.237 e. The van der Waals surface area contributed by atoms with Crippen molar-refractivity contribution in [3.8, 4) is 5.75 Å². The molecule has 1 aliphatic heterocycles. The molecule has 1 aromatic heterocycles. The molecule has 1 saturated heterocycles. The number of carbonyl (C=O) groups excluding carboxylic acids is 1. The van der Waals surface area contributed by atoms with E-state index in [0.717, 1.165) is 43.4 Å². The Morgan fingerprint density at radius 3 is 2.62 bits per heavy atom. The summed E-state index contributed by atoms with van der Waals surface area (Å²) in [6.45, 7) is 5.71. The zero-order chi connectivity index (χ0) is 18.4. The minimum Gasteiger partial charge on any atom is -0.497 e. The largest absolute Gasteiger partial charge is 0.497 e. The van der Waals surface area contributed by atoms with Gasteiger partial charge in [-0.1, -0.05) is 12.1 Å². The first kappa shape index (κ1) is 18.1. The van der Waals surface area contributed by atoms with Crippen molar-refractivity contribution in [1.29, 1.82) is 0 Å². The Morgan fingerprint density at radius 2 is 1.92 bits per heavy atom. The van der Waals surface area contributed by atoms with E-state index in [9.17, 15) is 4.79 Å². The predicted octanol–water partition coefficient (Wildman–Crippen LogP) is 1.31. The molecule has 0 radical (unpaired) electrons. The number of aromatic nitrogens is 2. The lowest BCUT2D eigenvalue weighted by molar-refractivity contribution is -0.126. The Kier molecular flexibility index (Phi) is 6.01. The van der Waals surface area contributed by atoms with Crippen LogP contribution in [-0.4, -0.2) is 60.1 Å². The quantitative estimate of drug-likeness (QED) is 0.843. The Labute approximate surface area is 154 Å². The number of anilines is 1. The van der Waals surface area contributed by atoms with Gasteiger partial charge in [-0.2, -0.15) is 0 Å². The molecule has 7 nitrogen and oxygen atoms in total. The van der Waals surface area contributed by atoms with Gasteiger partial charge in [-0.3, -0.25) is 9.69 Å². The third-order valence-electron chi connectivity index (χ3n) is 4.68. The fourth-order valence-corrected chi connectivity index (χ4v) is 3.05. The maximum Gasteiger partial charge on any atom is 0.237 e. The van der Waals surface area contributed by atoms with Gasteiger partial charge in [0.1, 0.15) is 5.75 Å². The van der Waals surface area contributed by atoms with E-state index in [1.165, 1.54) is 0 Å². The number of carbonyl (C=O) groups is 1. The average Bonchev–Trinajstić information content (AvgIpc) is 2.72.